The molecule has 0 aliphatic heterocycles. The molecule has 7 rings (SSSR count). The number of amides is 1. The smallest absolute Gasteiger partial charge is 0.326 e. The Balaban J connectivity index is 1.09. The topological polar surface area (TPSA) is 138 Å². The summed E-state index contributed by atoms with van der Waals surface area (Å²) in [6.45, 7) is 0. The summed E-state index contributed by atoms with van der Waals surface area (Å²) in [6.07, 6.45) is 4.85. The molecule has 3 N–H and O–H groups in total. The zero-order valence-corrected chi connectivity index (χ0v) is 29.1. The molecule has 2 heterocycles. The Bertz CT molecular complexity index is 2510. The van der Waals surface area contributed by atoms with Gasteiger partial charge in [0.2, 0.25) is 5.95 Å². The predicted octanol–water partition coefficient (Wildman–Crippen LogP) is 8.14. The molecule has 1 aliphatic rings. The summed E-state index contributed by atoms with van der Waals surface area (Å²) in [5.41, 5.74) is 3.04. The summed E-state index contributed by atoms with van der Waals surface area (Å²) < 4.78 is 72.1. The number of benzene rings is 4. The molecule has 1 unspecified atom stereocenters. The van der Waals surface area contributed by atoms with Crippen LogP contribution in [0.4, 0.5) is 18.9 Å². The second kappa shape index (κ2) is 14.3. The molecule has 0 bridgehead atoms. The van der Waals surface area contributed by atoms with Crippen LogP contribution < -0.4 is 10.0 Å². The monoisotopic (exact) mass is 756 g/mol. The second-order valence-corrected chi connectivity index (χ2v) is 14.7. The van der Waals surface area contributed by atoms with E-state index in [0.717, 1.165) is 24.0 Å². The first kappa shape index (κ1) is 35.6. The lowest BCUT2D eigenvalue weighted by Crippen LogP contribution is -2.43. The van der Waals surface area contributed by atoms with Crippen molar-refractivity contribution in [2.24, 2.45) is 0 Å². The highest BCUT2D eigenvalue weighted by molar-refractivity contribution is 7.92. The number of rotatable bonds is 11. The summed E-state index contributed by atoms with van der Waals surface area (Å²) in [5, 5.41) is 13.4. The van der Waals surface area contributed by atoms with E-state index >= 15 is 8.78 Å². The number of carboxylic acids is 1. The summed E-state index contributed by atoms with van der Waals surface area (Å²) in [4.78, 5) is 33.2. The molecule has 1 aliphatic carbocycles. The predicted molar refractivity (Wildman–Crippen MR) is 194 cm³/mol. The van der Waals surface area contributed by atoms with E-state index in [1.54, 1.807) is 30.5 Å². The Labute approximate surface area is 306 Å². The fraction of sp³-hybridized carbons (Fsp3) is 0.128. The van der Waals surface area contributed by atoms with Crippen LogP contribution in [0.1, 0.15) is 40.2 Å². The van der Waals surface area contributed by atoms with Crippen LogP contribution in [0.25, 0.3) is 33.2 Å². The number of nitrogens with one attached hydrogen (secondary N) is 2. The fourth-order valence-corrected chi connectivity index (χ4v) is 7.50. The molecule has 9 nitrogen and oxygen atoms in total. The maximum atomic E-state index is 15.3. The van der Waals surface area contributed by atoms with E-state index in [9.17, 15) is 27.5 Å². The minimum absolute atomic E-state index is 0.256. The number of anilines is 1. The summed E-state index contributed by atoms with van der Waals surface area (Å²) >= 11 is 6.68. The molecular formula is C39H28ClF3N4O5S. The standard InChI is InChI=1S/C39H28ClF3N4O5S/c40-31-16-23(21-3-4-21)7-11-29(31)30-12-8-25(28-2-1-14-45-37(28)30)17-34(39(49)50)46-38(48)36-32(41)19-26(20-33(36)42)47-53(51,52)27-9-5-22(6-10-27)24-13-15-44-35(43)18-24/h1-2,5-16,18-21,34,47H,3-4,17H2,(H,46,48)(H,49,50). The maximum Gasteiger partial charge on any atom is 0.326 e. The highest BCUT2D eigenvalue weighted by atomic mass is 35.5. The number of pyridine rings is 2. The van der Waals surface area contributed by atoms with Crippen molar-refractivity contribution >= 4 is 50.1 Å². The van der Waals surface area contributed by atoms with Gasteiger partial charge in [-0.1, -0.05) is 54.1 Å². The van der Waals surface area contributed by atoms with Crippen molar-refractivity contribution in [3.63, 3.8) is 0 Å². The maximum absolute atomic E-state index is 15.3. The van der Waals surface area contributed by atoms with E-state index in [1.165, 1.54) is 48.2 Å². The SMILES string of the molecule is O=C(NC(Cc1ccc(-c2ccc(C3CC3)cc2Cl)c2ncccc12)C(=O)O)c1c(F)cc(NS(=O)(=O)c2ccc(-c3ccnc(F)c3)cc2)cc1F. The molecule has 1 fully saturated rings. The summed E-state index contributed by atoms with van der Waals surface area (Å²) in [5.74, 6) is -5.87. The van der Waals surface area contributed by atoms with E-state index in [0.29, 0.717) is 50.7 Å². The van der Waals surface area contributed by atoms with Crippen LogP contribution in [0.3, 0.4) is 0 Å². The van der Waals surface area contributed by atoms with Gasteiger partial charge in [-0.15, -0.1) is 0 Å². The molecule has 268 valence electrons. The molecule has 0 spiro atoms. The number of hydrogen-bond donors (Lipinski definition) is 3. The van der Waals surface area contributed by atoms with Gasteiger partial charge in [-0.3, -0.25) is 14.5 Å². The van der Waals surface area contributed by atoms with Crippen LogP contribution in [-0.2, 0) is 21.2 Å². The average Bonchev–Trinajstić information content (AvgIpc) is 3.97. The largest absolute Gasteiger partial charge is 0.480 e. The third-order valence-electron chi connectivity index (χ3n) is 8.97. The van der Waals surface area contributed by atoms with Crippen molar-refractivity contribution in [3.05, 3.63) is 143 Å². The molecule has 6 aromatic rings. The van der Waals surface area contributed by atoms with Crippen LogP contribution in [0.2, 0.25) is 5.02 Å². The molecule has 1 amide bonds. The molecule has 4 aromatic carbocycles. The molecular weight excluding hydrogens is 729 g/mol. The van der Waals surface area contributed by atoms with Gasteiger partial charge in [0, 0.05) is 46.4 Å². The molecule has 0 saturated heterocycles. The third kappa shape index (κ3) is 7.57. The van der Waals surface area contributed by atoms with E-state index in [-0.39, 0.29) is 11.3 Å². The van der Waals surface area contributed by atoms with Crippen molar-refractivity contribution in [3.8, 4) is 22.3 Å². The minimum Gasteiger partial charge on any atom is -0.480 e. The Kier molecular flexibility index (Phi) is 9.62. The van der Waals surface area contributed by atoms with Crippen LogP contribution in [-0.4, -0.2) is 41.4 Å². The number of carboxylic acid groups (broad SMARTS) is 1. The number of carbonyl (C=O) groups excluding carboxylic acids is 1. The number of sulfonamides is 1. The number of carbonyl (C=O) groups is 2. The number of aliphatic carboxylic acids is 1. The molecule has 2 aromatic heterocycles. The number of halogens is 4. The zero-order valence-electron chi connectivity index (χ0n) is 27.5. The molecule has 1 saturated carbocycles. The fourth-order valence-electron chi connectivity index (χ4n) is 6.17. The first-order valence-electron chi connectivity index (χ1n) is 16.3. The zero-order chi connectivity index (χ0) is 37.4. The minimum atomic E-state index is -4.36. The lowest BCUT2D eigenvalue weighted by atomic mass is 9.94. The lowest BCUT2D eigenvalue weighted by molar-refractivity contribution is -0.139. The second-order valence-electron chi connectivity index (χ2n) is 12.6. The van der Waals surface area contributed by atoms with Gasteiger partial charge < -0.3 is 10.4 Å². The van der Waals surface area contributed by atoms with Gasteiger partial charge in [0.1, 0.15) is 23.2 Å². The van der Waals surface area contributed by atoms with Crippen LogP contribution in [0.5, 0.6) is 0 Å². The van der Waals surface area contributed by atoms with Crippen molar-refractivity contribution in [1.29, 1.82) is 0 Å². The first-order valence-corrected chi connectivity index (χ1v) is 18.2. The molecule has 14 heteroatoms. The summed E-state index contributed by atoms with van der Waals surface area (Å²) in [7, 11) is -4.36. The number of nitrogens with zero attached hydrogens (tertiary/aromatic N) is 2. The van der Waals surface area contributed by atoms with Crippen molar-refractivity contribution < 1.29 is 36.3 Å². The van der Waals surface area contributed by atoms with E-state index in [2.05, 4.69) is 20.0 Å². The normalized spacial score (nSPS) is 13.4. The van der Waals surface area contributed by atoms with Gasteiger partial charge in [-0.2, -0.15) is 4.39 Å². The first-order chi connectivity index (χ1) is 25.4. The quantitative estimate of drug-likeness (QED) is 0.114. The van der Waals surface area contributed by atoms with E-state index < -0.39 is 56.8 Å². The van der Waals surface area contributed by atoms with Crippen molar-refractivity contribution in [1.82, 2.24) is 15.3 Å². The highest BCUT2D eigenvalue weighted by Crippen LogP contribution is 2.43. The van der Waals surface area contributed by atoms with E-state index in [1.807, 2.05) is 18.2 Å². The number of aromatic nitrogens is 2. The van der Waals surface area contributed by atoms with Crippen LogP contribution >= 0.6 is 11.6 Å². The average molecular weight is 757 g/mol. The molecule has 1 atom stereocenters. The van der Waals surface area contributed by atoms with E-state index in [4.69, 9.17) is 11.6 Å². The molecule has 53 heavy (non-hydrogen) atoms. The highest BCUT2D eigenvalue weighted by Gasteiger charge is 2.28. The van der Waals surface area contributed by atoms with Gasteiger partial charge in [-0.05, 0) is 83.5 Å². The van der Waals surface area contributed by atoms with Crippen LogP contribution in [0.15, 0.2) is 108 Å². The molecule has 0 radical (unpaired) electrons. The van der Waals surface area contributed by atoms with Gasteiger partial charge in [-0.25, -0.2) is 27.0 Å². The van der Waals surface area contributed by atoms with Gasteiger partial charge in [0.15, 0.2) is 0 Å². The lowest BCUT2D eigenvalue weighted by Gasteiger charge is -2.18. The Hall–Kier alpha value is -5.79. The van der Waals surface area contributed by atoms with Crippen molar-refractivity contribution in [2.45, 2.75) is 36.1 Å². The Morgan fingerprint density at radius 1 is 0.849 bits per heavy atom. The van der Waals surface area contributed by atoms with Gasteiger partial charge in [0.25, 0.3) is 15.9 Å². The number of fused-ring (bicyclic) bond motifs is 1. The Morgan fingerprint density at radius 3 is 2.23 bits per heavy atom. The summed E-state index contributed by atoms with van der Waals surface area (Å²) in [6, 6.07) is 20.4. The van der Waals surface area contributed by atoms with Crippen molar-refractivity contribution in [2.75, 3.05) is 4.72 Å². The number of hydrogen-bond acceptors (Lipinski definition) is 6. The van der Waals surface area contributed by atoms with Gasteiger partial charge >= 0.3 is 5.97 Å². The Morgan fingerprint density at radius 2 is 1.57 bits per heavy atom. The van der Waals surface area contributed by atoms with Crippen LogP contribution in [0, 0.1) is 17.6 Å². The van der Waals surface area contributed by atoms with Gasteiger partial charge in [0.05, 0.1) is 16.1 Å². The third-order valence-corrected chi connectivity index (χ3v) is 10.7.